The van der Waals surface area contributed by atoms with Gasteiger partial charge in [-0.05, 0) is 49.4 Å². The number of nitrogens with zero attached hydrogens (tertiary/aromatic N) is 3. The number of hydrogen-bond acceptors (Lipinski definition) is 6. The molecule has 0 unspecified atom stereocenters. The molecule has 3 aromatic rings. The number of methoxy groups -OCH3 is 2. The van der Waals surface area contributed by atoms with E-state index >= 15 is 0 Å². The molecule has 34 heavy (non-hydrogen) atoms. The van der Waals surface area contributed by atoms with Gasteiger partial charge in [-0.2, -0.15) is 5.10 Å². The highest BCUT2D eigenvalue weighted by molar-refractivity contribution is 6.30. The number of benzene rings is 2. The predicted molar refractivity (Wildman–Crippen MR) is 131 cm³/mol. The summed E-state index contributed by atoms with van der Waals surface area (Å²) >= 11 is 6.22. The lowest BCUT2D eigenvalue weighted by molar-refractivity contribution is 0.0374. The second-order valence-electron chi connectivity index (χ2n) is 7.94. The van der Waals surface area contributed by atoms with Crippen molar-refractivity contribution >= 4 is 17.5 Å². The highest BCUT2D eigenvalue weighted by Crippen LogP contribution is 2.33. The van der Waals surface area contributed by atoms with E-state index < -0.39 is 0 Å². The molecule has 1 N–H and O–H groups in total. The molecule has 180 valence electrons. The molecule has 0 aliphatic carbocycles. The zero-order chi connectivity index (χ0) is 23.9. The number of aromatic nitrogens is 2. The minimum Gasteiger partial charge on any atom is -0.497 e. The van der Waals surface area contributed by atoms with Gasteiger partial charge in [0.15, 0.2) is 0 Å². The Labute approximate surface area is 204 Å². The summed E-state index contributed by atoms with van der Waals surface area (Å²) in [5.41, 5.74) is 2.48. The van der Waals surface area contributed by atoms with Crippen LogP contribution in [0.4, 0.5) is 0 Å². The van der Waals surface area contributed by atoms with Crippen molar-refractivity contribution in [3.05, 3.63) is 59.2 Å². The lowest BCUT2D eigenvalue weighted by Crippen LogP contribution is -2.38. The predicted octanol–water partition coefficient (Wildman–Crippen LogP) is 3.66. The van der Waals surface area contributed by atoms with Gasteiger partial charge in [0.2, 0.25) is 0 Å². The molecule has 1 aliphatic heterocycles. The Morgan fingerprint density at radius 3 is 2.68 bits per heavy atom. The first kappa shape index (κ1) is 24.1. The Morgan fingerprint density at radius 1 is 1.12 bits per heavy atom. The molecule has 0 spiro atoms. The van der Waals surface area contributed by atoms with E-state index in [1.807, 2.05) is 24.3 Å². The SMILES string of the molecule is COc1ccc(-c2cc(C(=O)NCCCN3CCOCC3)n(-c3cccc(Cl)c3)n2)c(OC)c1. The van der Waals surface area contributed by atoms with Crippen LogP contribution in [0.15, 0.2) is 48.5 Å². The number of amides is 1. The van der Waals surface area contributed by atoms with Gasteiger partial charge in [0, 0.05) is 36.3 Å². The lowest BCUT2D eigenvalue weighted by atomic mass is 10.1. The molecular weight excluding hydrogens is 456 g/mol. The highest BCUT2D eigenvalue weighted by atomic mass is 35.5. The fraction of sp³-hybridized carbons (Fsp3) is 0.360. The van der Waals surface area contributed by atoms with E-state index in [-0.39, 0.29) is 5.91 Å². The zero-order valence-corrected chi connectivity index (χ0v) is 20.2. The first-order valence-corrected chi connectivity index (χ1v) is 11.6. The molecule has 1 saturated heterocycles. The number of rotatable bonds is 9. The Balaban J connectivity index is 1.57. The summed E-state index contributed by atoms with van der Waals surface area (Å²) in [4.78, 5) is 15.5. The normalized spacial score (nSPS) is 14.1. The van der Waals surface area contributed by atoms with Crippen LogP contribution in [-0.2, 0) is 4.74 Å². The number of halogens is 1. The molecule has 1 aliphatic rings. The van der Waals surface area contributed by atoms with Gasteiger partial charge in [-0.3, -0.25) is 9.69 Å². The summed E-state index contributed by atoms with van der Waals surface area (Å²) in [6, 6.07) is 14.5. The standard InChI is InChI=1S/C25H29ClN4O4/c1-32-20-7-8-21(24(16-20)33-2)22-17-23(30(28-22)19-6-3-5-18(26)15-19)25(31)27-9-4-10-29-11-13-34-14-12-29/h3,5-8,15-17H,4,9-14H2,1-2H3,(H,27,31). The van der Waals surface area contributed by atoms with Crippen molar-refractivity contribution in [2.45, 2.75) is 6.42 Å². The van der Waals surface area contributed by atoms with Gasteiger partial charge in [-0.15, -0.1) is 0 Å². The van der Waals surface area contributed by atoms with Crippen LogP contribution in [0.5, 0.6) is 11.5 Å². The third-order valence-electron chi connectivity index (χ3n) is 5.72. The first-order chi connectivity index (χ1) is 16.6. The summed E-state index contributed by atoms with van der Waals surface area (Å²) in [6.45, 7) is 4.89. The minimum absolute atomic E-state index is 0.201. The molecule has 0 radical (unpaired) electrons. The summed E-state index contributed by atoms with van der Waals surface area (Å²) in [6.07, 6.45) is 0.857. The van der Waals surface area contributed by atoms with Crippen molar-refractivity contribution in [2.24, 2.45) is 0 Å². The largest absolute Gasteiger partial charge is 0.497 e. The average molecular weight is 485 g/mol. The lowest BCUT2D eigenvalue weighted by Gasteiger charge is -2.26. The summed E-state index contributed by atoms with van der Waals surface area (Å²) in [7, 11) is 3.19. The van der Waals surface area contributed by atoms with E-state index in [1.165, 1.54) is 0 Å². The van der Waals surface area contributed by atoms with Gasteiger partial charge < -0.3 is 19.5 Å². The highest BCUT2D eigenvalue weighted by Gasteiger charge is 2.20. The topological polar surface area (TPSA) is 77.9 Å². The summed E-state index contributed by atoms with van der Waals surface area (Å²) in [5.74, 6) is 1.08. The van der Waals surface area contributed by atoms with Crippen molar-refractivity contribution in [1.29, 1.82) is 0 Å². The second kappa shape index (κ2) is 11.4. The molecule has 0 saturated carbocycles. The molecule has 1 amide bonds. The average Bonchev–Trinajstić information content (AvgIpc) is 3.32. The Morgan fingerprint density at radius 2 is 1.94 bits per heavy atom. The maximum Gasteiger partial charge on any atom is 0.270 e. The van der Waals surface area contributed by atoms with Crippen molar-refractivity contribution in [2.75, 3.05) is 53.6 Å². The Kier molecular flexibility index (Phi) is 8.05. The van der Waals surface area contributed by atoms with Crippen LogP contribution >= 0.6 is 11.6 Å². The van der Waals surface area contributed by atoms with E-state index in [2.05, 4.69) is 10.2 Å². The Bertz CT molecular complexity index is 1130. The van der Waals surface area contributed by atoms with Crippen LogP contribution in [0.1, 0.15) is 16.9 Å². The number of carbonyl (C=O) groups is 1. The molecule has 8 nitrogen and oxygen atoms in total. The maximum atomic E-state index is 13.2. The van der Waals surface area contributed by atoms with Crippen molar-refractivity contribution in [3.63, 3.8) is 0 Å². The number of hydrogen-bond donors (Lipinski definition) is 1. The molecule has 4 rings (SSSR count). The quantitative estimate of drug-likeness (QED) is 0.467. The van der Waals surface area contributed by atoms with Crippen LogP contribution in [0.2, 0.25) is 5.02 Å². The third kappa shape index (κ3) is 5.70. The van der Waals surface area contributed by atoms with E-state index in [4.69, 9.17) is 30.9 Å². The summed E-state index contributed by atoms with van der Waals surface area (Å²) < 4.78 is 17.9. The number of nitrogens with one attached hydrogen (secondary N) is 1. The third-order valence-corrected chi connectivity index (χ3v) is 5.95. The smallest absolute Gasteiger partial charge is 0.270 e. The van der Waals surface area contributed by atoms with E-state index in [0.29, 0.717) is 40.1 Å². The molecule has 9 heteroatoms. The molecule has 2 aromatic carbocycles. The van der Waals surface area contributed by atoms with Gasteiger partial charge in [0.1, 0.15) is 17.2 Å². The fourth-order valence-corrected chi connectivity index (χ4v) is 4.09. The number of ether oxygens (including phenoxy) is 3. The monoisotopic (exact) mass is 484 g/mol. The van der Waals surface area contributed by atoms with Gasteiger partial charge in [-0.1, -0.05) is 17.7 Å². The molecular formula is C25H29ClN4O4. The first-order valence-electron chi connectivity index (χ1n) is 11.3. The molecule has 0 bridgehead atoms. The number of morpholine rings is 1. The van der Waals surface area contributed by atoms with E-state index in [1.54, 1.807) is 43.2 Å². The van der Waals surface area contributed by atoms with Gasteiger partial charge in [0.25, 0.3) is 5.91 Å². The molecule has 0 atom stereocenters. The Hall–Kier alpha value is -3.07. The fourth-order valence-electron chi connectivity index (χ4n) is 3.91. The zero-order valence-electron chi connectivity index (χ0n) is 19.4. The van der Waals surface area contributed by atoms with E-state index in [0.717, 1.165) is 44.8 Å². The van der Waals surface area contributed by atoms with Crippen LogP contribution in [0, 0.1) is 0 Å². The van der Waals surface area contributed by atoms with Crippen LogP contribution in [0.25, 0.3) is 16.9 Å². The van der Waals surface area contributed by atoms with E-state index in [9.17, 15) is 4.79 Å². The van der Waals surface area contributed by atoms with Gasteiger partial charge in [0.05, 0.1) is 38.8 Å². The number of carbonyl (C=O) groups excluding carboxylic acids is 1. The van der Waals surface area contributed by atoms with Crippen molar-refractivity contribution < 1.29 is 19.0 Å². The minimum atomic E-state index is -0.201. The van der Waals surface area contributed by atoms with Crippen molar-refractivity contribution in [3.8, 4) is 28.4 Å². The van der Waals surface area contributed by atoms with Gasteiger partial charge >= 0.3 is 0 Å². The molecule has 1 aromatic heterocycles. The maximum absolute atomic E-state index is 13.2. The van der Waals surface area contributed by atoms with Crippen molar-refractivity contribution in [1.82, 2.24) is 20.0 Å². The van der Waals surface area contributed by atoms with Crippen LogP contribution in [0.3, 0.4) is 0 Å². The van der Waals surface area contributed by atoms with Crippen LogP contribution < -0.4 is 14.8 Å². The second-order valence-corrected chi connectivity index (χ2v) is 8.37. The summed E-state index contributed by atoms with van der Waals surface area (Å²) in [5, 5.41) is 8.33. The molecule has 2 heterocycles. The van der Waals surface area contributed by atoms with Gasteiger partial charge in [-0.25, -0.2) is 4.68 Å². The van der Waals surface area contributed by atoms with Crippen LogP contribution in [-0.4, -0.2) is 74.2 Å². The molecule has 1 fully saturated rings.